The van der Waals surface area contributed by atoms with E-state index in [2.05, 4.69) is 71.7 Å². The maximum atomic E-state index is 9.11. The molecule has 26 heavy (non-hydrogen) atoms. The summed E-state index contributed by atoms with van der Waals surface area (Å²) in [6.07, 6.45) is 1.12. The summed E-state index contributed by atoms with van der Waals surface area (Å²) in [5.41, 5.74) is 3.22. The first-order chi connectivity index (χ1) is 12.7. The smallest absolute Gasteiger partial charge is 0.0992 e. The van der Waals surface area contributed by atoms with Crippen LogP contribution in [0.15, 0.2) is 66.7 Å². The minimum atomic E-state index is 0.302. The molecule has 0 unspecified atom stereocenters. The zero-order valence-electron chi connectivity index (χ0n) is 15.0. The second-order valence-electron chi connectivity index (χ2n) is 7.05. The van der Waals surface area contributed by atoms with E-state index in [0.717, 1.165) is 30.8 Å². The Morgan fingerprint density at radius 1 is 1.08 bits per heavy atom. The van der Waals surface area contributed by atoms with Gasteiger partial charge < -0.3 is 10.2 Å². The van der Waals surface area contributed by atoms with Crippen molar-refractivity contribution in [3.05, 3.63) is 77.9 Å². The van der Waals surface area contributed by atoms with Crippen molar-refractivity contribution in [3.8, 4) is 6.07 Å². The second kappa shape index (κ2) is 7.19. The normalized spacial score (nSPS) is 18.0. The van der Waals surface area contributed by atoms with Crippen LogP contribution in [0.25, 0.3) is 10.8 Å². The number of nitrogens with one attached hydrogen (secondary N) is 1. The van der Waals surface area contributed by atoms with Crippen LogP contribution in [0.4, 0.5) is 5.69 Å². The first-order valence-corrected chi connectivity index (χ1v) is 9.23. The summed E-state index contributed by atoms with van der Waals surface area (Å²) < 4.78 is 0. The molecule has 1 saturated heterocycles. The Labute approximate surface area is 154 Å². The Balaban J connectivity index is 1.47. The zero-order valence-corrected chi connectivity index (χ0v) is 15.0. The predicted octanol–water partition coefficient (Wildman–Crippen LogP) is 4.64. The molecule has 1 aliphatic heterocycles. The van der Waals surface area contributed by atoms with Crippen LogP contribution in [-0.4, -0.2) is 19.1 Å². The van der Waals surface area contributed by atoms with Gasteiger partial charge in [0.15, 0.2) is 0 Å². The third kappa shape index (κ3) is 3.29. The van der Waals surface area contributed by atoms with Crippen molar-refractivity contribution in [3.63, 3.8) is 0 Å². The van der Waals surface area contributed by atoms with E-state index in [1.807, 2.05) is 18.2 Å². The molecule has 0 aliphatic carbocycles. The number of nitrogens with zero attached hydrogens (tertiary/aromatic N) is 2. The second-order valence-corrected chi connectivity index (χ2v) is 7.05. The average molecular weight is 341 g/mol. The molecule has 2 atom stereocenters. The van der Waals surface area contributed by atoms with E-state index in [-0.39, 0.29) is 0 Å². The van der Waals surface area contributed by atoms with Crippen LogP contribution < -0.4 is 10.2 Å². The van der Waals surface area contributed by atoms with E-state index < -0.39 is 0 Å². The van der Waals surface area contributed by atoms with Crippen LogP contribution in [0.2, 0.25) is 0 Å². The number of benzene rings is 3. The zero-order chi connectivity index (χ0) is 17.9. The van der Waals surface area contributed by atoms with E-state index in [4.69, 9.17) is 5.26 Å². The summed E-state index contributed by atoms with van der Waals surface area (Å²) in [6, 6.07) is 26.0. The Morgan fingerprint density at radius 3 is 2.77 bits per heavy atom. The molecule has 3 heteroatoms. The van der Waals surface area contributed by atoms with E-state index in [1.165, 1.54) is 16.3 Å². The number of fused-ring (bicyclic) bond motifs is 1. The molecule has 1 aliphatic rings. The molecule has 0 radical (unpaired) electrons. The fourth-order valence-corrected chi connectivity index (χ4v) is 3.97. The molecule has 3 nitrogen and oxygen atoms in total. The van der Waals surface area contributed by atoms with E-state index in [1.54, 1.807) is 0 Å². The molecule has 3 aromatic rings. The summed E-state index contributed by atoms with van der Waals surface area (Å²) in [5.74, 6) is 0. The molecule has 1 heterocycles. The number of hydrogen-bond donors (Lipinski definition) is 1. The van der Waals surface area contributed by atoms with Crippen molar-refractivity contribution in [2.45, 2.75) is 25.4 Å². The lowest BCUT2D eigenvalue weighted by Crippen LogP contribution is -2.34. The van der Waals surface area contributed by atoms with E-state index >= 15 is 0 Å². The molecule has 0 aromatic heterocycles. The van der Waals surface area contributed by atoms with Crippen molar-refractivity contribution in [1.82, 2.24) is 5.32 Å². The number of anilines is 1. The van der Waals surface area contributed by atoms with Crippen molar-refractivity contribution < 1.29 is 0 Å². The third-order valence-electron chi connectivity index (χ3n) is 5.30. The quantitative estimate of drug-likeness (QED) is 0.751. The lowest BCUT2D eigenvalue weighted by Gasteiger charge is -2.23. The first kappa shape index (κ1) is 16.6. The largest absolute Gasteiger partial charge is 0.370 e. The minimum absolute atomic E-state index is 0.302. The van der Waals surface area contributed by atoms with Gasteiger partial charge in [0.25, 0.3) is 0 Å². The summed E-state index contributed by atoms with van der Waals surface area (Å²) in [7, 11) is 0. The van der Waals surface area contributed by atoms with Gasteiger partial charge in [-0.15, -0.1) is 0 Å². The molecular formula is C23H23N3. The van der Waals surface area contributed by atoms with Crippen molar-refractivity contribution in [1.29, 1.82) is 5.26 Å². The van der Waals surface area contributed by atoms with Gasteiger partial charge in [0.05, 0.1) is 11.6 Å². The van der Waals surface area contributed by atoms with Crippen LogP contribution in [0, 0.1) is 11.3 Å². The van der Waals surface area contributed by atoms with Gasteiger partial charge in [-0.05, 0) is 47.9 Å². The maximum absolute atomic E-state index is 9.11. The highest BCUT2D eigenvalue weighted by molar-refractivity contribution is 5.86. The minimum Gasteiger partial charge on any atom is -0.370 e. The topological polar surface area (TPSA) is 39.1 Å². The van der Waals surface area contributed by atoms with Gasteiger partial charge >= 0.3 is 0 Å². The van der Waals surface area contributed by atoms with Gasteiger partial charge in [-0.2, -0.15) is 5.26 Å². The van der Waals surface area contributed by atoms with Crippen LogP contribution >= 0.6 is 0 Å². The Bertz CT molecular complexity index is 952. The van der Waals surface area contributed by atoms with Crippen LogP contribution in [0.5, 0.6) is 0 Å². The van der Waals surface area contributed by atoms with Crippen LogP contribution in [0.3, 0.4) is 0 Å². The van der Waals surface area contributed by atoms with Gasteiger partial charge in [0.1, 0.15) is 0 Å². The molecule has 0 spiro atoms. The van der Waals surface area contributed by atoms with Gasteiger partial charge in [-0.25, -0.2) is 0 Å². The van der Waals surface area contributed by atoms with Gasteiger partial charge in [-0.3, -0.25) is 0 Å². The van der Waals surface area contributed by atoms with Crippen molar-refractivity contribution >= 4 is 16.5 Å². The molecule has 1 fully saturated rings. The summed E-state index contributed by atoms with van der Waals surface area (Å²) >= 11 is 0. The molecule has 130 valence electrons. The monoisotopic (exact) mass is 341 g/mol. The van der Waals surface area contributed by atoms with Gasteiger partial charge in [0, 0.05) is 30.9 Å². The molecule has 1 N–H and O–H groups in total. The molecule has 4 rings (SSSR count). The fraction of sp³-hybridized carbons (Fsp3) is 0.261. The highest BCUT2D eigenvalue weighted by Crippen LogP contribution is 2.27. The molecule has 0 amide bonds. The van der Waals surface area contributed by atoms with Crippen molar-refractivity contribution in [2.24, 2.45) is 0 Å². The van der Waals surface area contributed by atoms with Crippen molar-refractivity contribution in [2.75, 3.05) is 18.0 Å². The Morgan fingerprint density at radius 2 is 1.88 bits per heavy atom. The lowest BCUT2D eigenvalue weighted by molar-refractivity contribution is 0.483. The molecule has 0 bridgehead atoms. The highest BCUT2D eigenvalue weighted by Gasteiger charge is 2.24. The standard InChI is InChI=1S/C23H23N3/c1-17(22-11-5-8-19-7-2-3-10-23(19)22)25-20-12-13-26(16-20)21-9-4-6-18(14-21)15-24/h2-11,14,17,20,25H,12-13,16H2,1H3/t17-,20+/m1/s1. The number of rotatable bonds is 4. The summed E-state index contributed by atoms with van der Waals surface area (Å²) in [5, 5.41) is 15.5. The molecule has 0 saturated carbocycles. The summed E-state index contributed by atoms with van der Waals surface area (Å²) in [6.45, 7) is 4.25. The third-order valence-corrected chi connectivity index (χ3v) is 5.30. The van der Waals surface area contributed by atoms with E-state index in [0.29, 0.717) is 12.1 Å². The van der Waals surface area contributed by atoms with Crippen LogP contribution in [-0.2, 0) is 0 Å². The lowest BCUT2D eigenvalue weighted by atomic mass is 9.99. The van der Waals surface area contributed by atoms with Gasteiger partial charge in [-0.1, -0.05) is 48.5 Å². The number of nitriles is 1. The average Bonchev–Trinajstić information content (AvgIpc) is 3.16. The molecular weight excluding hydrogens is 318 g/mol. The fourth-order valence-electron chi connectivity index (χ4n) is 3.97. The predicted molar refractivity (Wildman–Crippen MR) is 107 cm³/mol. The Hall–Kier alpha value is -2.83. The maximum Gasteiger partial charge on any atom is 0.0992 e. The molecule has 3 aromatic carbocycles. The highest BCUT2D eigenvalue weighted by atomic mass is 15.2. The first-order valence-electron chi connectivity index (χ1n) is 9.23. The van der Waals surface area contributed by atoms with E-state index in [9.17, 15) is 0 Å². The Kier molecular flexibility index (Phi) is 4.60. The number of hydrogen-bond acceptors (Lipinski definition) is 3. The van der Waals surface area contributed by atoms with Crippen LogP contribution in [0.1, 0.15) is 30.5 Å². The summed E-state index contributed by atoms with van der Waals surface area (Å²) in [4.78, 5) is 2.37. The SMILES string of the molecule is C[C@@H](N[C@H]1CCN(c2cccc(C#N)c2)C1)c1cccc2ccccc12. The van der Waals surface area contributed by atoms with Gasteiger partial charge in [0.2, 0.25) is 0 Å².